The maximum Gasteiger partial charge on any atom is 0.253 e. The van der Waals surface area contributed by atoms with Crippen LogP contribution in [-0.4, -0.2) is 25.4 Å². The molecule has 1 atom stereocenters. The number of rotatable bonds is 2. The summed E-state index contributed by atoms with van der Waals surface area (Å²) in [5.74, 6) is 1.29. The van der Waals surface area contributed by atoms with Gasteiger partial charge in [-0.05, 0) is 31.4 Å². The number of carbonyl (C=O) groups is 1. The Labute approximate surface area is 105 Å². The van der Waals surface area contributed by atoms with E-state index in [0.717, 1.165) is 19.3 Å². The molecule has 1 saturated heterocycles. The summed E-state index contributed by atoms with van der Waals surface area (Å²) in [6.45, 7) is 0.900. The molecule has 0 saturated carbocycles. The van der Waals surface area contributed by atoms with Crippen molar-refractivity contribution in [1.29, 1.82) is 0 Å². The lowest BCUT2D eigenvalue weighted by Crippen LogP contribution is -2.33. The highest BCUT2D eigenvalue weighted by Crippen LogP contribution is 2.34. The fraction of sp³-hybridized carbons (Fsp3) is 0.462. The van der Waals surface area contributed by atoms with E-state index in [1.165, 1.54) is 0 Å². The van der Waals surface area contributed by atoms with Crippen LogP contribution >= 0.6 is 0 Å². The molecule has 1 N–H and O–H groups in total. The van der Waals surface area contributed by atoms with Crippen molar-refractivity contribution in [2.75, 3.05) is 18.7 Å². The van der Waals surface area contributed by atoms with E-state index in [2.05, 4.69) is 5.32 Å². The predicted octanol–water partition coefficient (Wildman–Crippen LogP) is 1.92. The molecule has 0 aliphatic carbocycles. The molecule has 18 heavy (non-hydrogen) atoms. The van der Waals surface area contributed by atoms with Crippen LogP contribution in [0.3, 0.4) is 0 Å². The van der Waals surface area contributed by atoms with E-state index in [0.29, 0.717) is 23.8 Å². The minimum Gasteiger partial charge on any atom is -0.454 e. The molecule has 1 fully saturated rings. The van der Waals surface area contributed by atoms with E-state index in [1.54, 1.807) is 18.2 Å². The molecule has 5 nitrogen and oxygen atoms in total. The van der Waals surface area contributed by atoms with Gasteiger partial charge in [0.1, 0.15) is 6.10 Å². The molecule has 1 amide bonds. The van der Waals surface area contributed by atoms with Crippen LogP contribution in [0, 0.1) is 0 Å². The molecule has 0 bridgehead atoms. The molecule has 96 valence electrons. The molecule has 2 aliphatic rings. The zero-order valence-corrected chi connectivity index (χ0v) is 9.98. The molecule has 2 heterocycles. The maximum absolute atomic E-state index is 12.0. The summed E-state index contributed by atoms with van der Waals surface area (Å²) in [7, 11) is 0. The van der Waals surface area contributed by atoms with Gasteiger partial charge in [0.2, 0.25) is 6.79 Å². The van der Waals surface area contributed by atoms with Gasteiger partial charge < -0.3 is 19.5 Å². The number of amides is 1. The third-order valence-corrected chi connectivity index (χ3v) is 3.11. The standard InChI is InChI=1S/C13H15NO4/c15-13(11-3-1-2-6-16-11)14-9-4-5-10-12(7-9)18-8-17-10/h4-5,7,11H,1-3,6,8H2,(H,14,15). The summed E-state index contributed by atoms with van der Waals surface area (Å²) in [4.78, 5) is 12.0. The topological polar surface area (TPSA) is 56.8 Å². The smallest absolute Gasteiger partial charge is 0.253 e. The highest BCUT2D eigenvalue weighted by molar-refractivity contribution is 5.94. The molecule has 1 aromatic carbocycles. The predicted molar refractivity (Wildman–Crippen MR) is 64.8 cm³/mol. The summed E-state index contributed by atoms with van der Waals surface area (Å²) in [5, 5.41) is 2.84. The average molecular weight is 249 g/mol. The first-order valence-corrected chi connectivity index (χ1v) is 6.15. The van der Waals surface area contributed by atoms with Gasteiger partial charge in [-0.1, -0.05) is 0 Å². The van der Waals surface area contributed by atoms with Crippen LogP contribution in [0.25, 0.3) is 0 Å². The Bertz CT molecular complexity index is 454. The van der Waals surface area contributed by atoms with Crippen molar-refractivity contribution in [3.63, 3.8) is 0 Å². The zero-order chi connectivity index (χ0) is 12.4. The van der Waals surface area contributed by atoms with Crippen LogP contribution in [0.5, 0.6) is 11.5 Å². The summed E-state index contributed by atoms with van der Waals surface area (Å²) < 4.78 is 15.9. The molecule has 0 aromatic heterocycles. The average Bonchev–Trinajstić information content (AvgIpc) is 2.87. The van der Waals surface area contributed by atoms with Gasteiger partial charge in [0.15, 0.2) is 11.5 Å². The third-order valence-electron chi connectivity index (χ3n) is 3.11. The number of hydrogen-bond donors (Lipinski definition) is 1. The molecule has 1 unspecified atom stereocenters. The van der Waals surface area contributed by atoms with Gasteiger partial charge in [0.05, 0.1) is 0 Å². The number of fused-ring (bicyclic) bond motifs is 1. The largest absolute Gasteiger partial charge is 0.454 e. The van der Waals surface area contributed by atoms with Gasteiger partial charge in [0.25, 0.3) is 5.91 Å². The van der Waals surface area contributed by atoms with E-state index >= 15 is 0 Å². The van der Waals surface area contributed by atoms with Crippen LogP contribution in [0.15, 0.2) is 18.2 Å². The van der Waals surface area contributed by atoms with Gasteiger partial charge in [-0.15, -0.1) is 0 Å². The summed E-state index contributed by atoms with van der Waals surface area (Å²) in [6, 6.07) is 5.36. The van der Waals surface area contributed by atoms with Crippen molar-refractivity contribution in [2.45, 2.75) is 25.4 Å². The second kappa shape index (κ2) is 4.86. The minimum atomic E-state index is -0.329. The molecule has 5 heteroatoms. The van der Waals surface area contributed by atoms with Gasteiger partial charge in [0, 0.05) is 18.4 Å². The van der Waals surface area contributed by atoms with Crippen LogP contribution in [-0.2, 0) is 9.53 Å². The summed E-state index contributed by atoms with van der Waals surface area (Å²) in [6.07, 6.45) is 2.54. The fourth-order valence-electron chi connectivity index (χ4n) is 2.14. The number of carbonyl (C=O) groups excluding carboxylic acids is 1. The fourth-order valence-corrected chi connectivity index (χ4v) is 2.14. The molecular weight excluding hydrogens is 234 g/mol. The normalized spacial score (nSPS) is 21.7. The van der Waals surface area contributed by atoms with E-state index in [1.807, 2.05) is 0 Å². The second-order valence-corrected chi connectivity index (χ2v) is 4.41. The molecular formula is C13H15NO4. The minimum absolute atomic E-state index is 0.0893. The Hall–Kier alpha value is -1.75. The highest BCUT2D eigenvalue weighted by atomic mass is 16.7. The van der Waals surface area contributed by atoms with Crippen molar-refractivity contribution >= 4 is 11.6 Å². The van der Waals surface area contributed by atoms with E-state index in [4.69, 9.17) is 14.2 Å². The lowest BCUT2D eigenvalue weighted by molar-refractivity contribution is -0.129. The van der Waals surface area contributed by atoms with E-state index < -0.39 is 0 Å². The monoisotopic (exact) mass is 249 g/mol. The van der Waals surface area contributed by atoms with E-state index in [-0.39, 0.29) is 18.8 Å². The summed E-state index contributed by atoms with van der Waals surface area (Å²) >= 11 is 0. The molecule has 1 aromatic rings. The quantitative estimate of drug-likeness (QED) is 0.870. The number of ether oxygens (including phenoxy) is 3. The van der Waals surface area contributed by atoms with Crippen molar-refractivity contribution in [1.82, 2.24) is 0 Å². The molecule has 3 rings (SSSR count). The molecule has 0 radical (unpaired) electrons. The van der Waals surface area contributed by atoms with Crippen molar-refractivity contribution in [3.8, 4) is 11.5 Å². The Balaban J connectivity index is 1.66. The third kappa shape index (κ3) is 2.26. The number of hydrogen-bond acceptors (Lipinski definition) is 4. The number of benzene rings is 1. The lowest BCUT2D eigenvalue weighted by atomic mass is 10.1. The SMILES string of the molecule is O=C(Nc1ccc2c(c1)OCO2)C1CCCCO1. The first-order valence-electron chi connectivity index (χ1n) is 6.15. The molecule has 2 aliphatic heterocycles. The van der Waals surface area contributed by atoms with Crippen LogP contribution in [0.4, 0.5) is 5.69 Å². The first kappa shape index (κ1) is 11.3. The Morgan fingerprint density at radius 2 is 2.11 bits per heavy atom. The summed E-state index contributed by atoms with van der Waals surface area (Å²) in [5.41, 5.74) is 0.707. The lowest BCUT2D eigenvalue weighted by Gasteiger charge is -2.21. The van der Waals surface area contributed by atoms with E-state index in [9.17, 15) is 4.79 Å². The highest BCUT2D eigenvalue weighted by Gasteiger charge is 2.22. The van der Waals surface area contributed by atoms with Gasteiger partial charge in [-0.2, -0.15) is 0 Å². The van der Waals surface area contributed by atoms with Gasteiger partial charge in [-0.3, -0.25) is 4.79 Å². The maximum atomic E-state index is 12.0. The van der Waals surface area contributed by atoms with Crippen LogP contribution in [0.2, 0.25) is 0 Å². The first-order chi connectivity index (χ1) is 8.83. The Morgan fingerprint density at radius 3 is 2.94 bits per heavy atom. The van der Waals surface area contributed by atoms with Crippen LogP contribution < -0.4 is 14.8 Å². The van der Waals surface area contributed by atoms with Gasteiger partial charge >= 0.3 is 0 Å². The second-order valence-electron chi connectivity index (χ2n) is 4.41. The zero-order valence-electron chi connectivity index (χ0n) is 9.98. The Kier molecular flexibility index (Phi) is 3.06. The van der Waals surface area contributed by atoms with Crippen molar-refractivity contribution in [3.05, 3.63) is 18.2 Å². The van der Waals surface area contributed by atoms with Gasteiger partial charge in [-0.25, -0.2) is 0 Å². The molecule has 0 spiro atoms. The van der Waals surface area contributed by atoms with Crippen molar-refractivity contribution in [2.24, 2.45) is 0 Å². The van der Waals surface area contributed by atoms with Crippen LogP contribution in [0.1, 0.15) is 19.3 Å². The number of nitrogens with one attached hydrogen (secondary N) is 1. The Morgan fingerprint density at radius 1 is 1.22 bits per heavy atom. The number of anilines is 1. The van der Waals surface area contributed by atoms with Crippen molar-refractivity contribution < 1.29 is 19.0 Å².